The highest BCUT2D eigenvalue weighted by molar-refractivity contribution is 7.86. The summed E-state index contributed by atoms with van der Waals surface area (Å²) in [5.41, 5.74) is 0.191. The number of aryl methyl sites for hydroxylation is 1. The third-order valence-electron chi connectivity index (χ3n) is 5.53. The molecule has 4 rings (SSSR count). The second-order valence-corrected chi connectivity index (χ2v) is 10.3. The zero-order valence-corrected chi connectivity index (χ0v) is 22.4. The van der Waals surface area contributed by atoms with Crippen molar-refractivity contribution in [3.8, 4) is 11.5 Å². The van der Waals surface area contributed by atoms with Gasteiger partial charge in [0.15, 0.2) is 5.75 Å². The molecule has 38 heavy (non-hydrogen) atoms. The number of carbonyl (C=O) groups excluding carboxylic acids is 1. The molecule has 196 valence electrons. The standard InChI is InChI=1S/C26H21Cl2N3O6S/c1-3-37-21-10-6-9-19(23(21)28)29-26(33)17-12-15-7-4-5-8-16(15)24(25(17)32)31-30-20-13-18(27)14(2)11-22(20)38(34,35)36/h4-13,32H,3H2,1-2H3,(H,29,33)(H,34,35,36). The molecule has 9 nitrogen and oxygen atoms in total. The third-order valence-corrected chi connectivity index (χ3v) is 7.21. The van der Waals surface area contributed by atoms with E-state index in [0.717, 1.165) is 6.07 Å². The zero-order valence-electron chi connectivity index (χ0n) is 20.1. The summed E-state index contributed by atoms with van der Waals surface area (Å²) in [6.07, 6.45) is 0. The van der Waals surface area contributed by atoms with E-state index in [1.165, 1.54) is 12.1 Å². The van der Waals surface area contributed by atoms with E-state index in [4.69, 9.17) is 27.9 Å². The Hall–Kier alpha value is -3.70. The highest BCUT2D eigenvalue weighted by Gasteiger charge is 2.21. The molecular weight excluding hydrogens is 553 g/mol. The van der Waals surface area contributed by atoms with E-state index in [1.54, 1.807) is 56.3 Å². The van der Waals surface area contributed by atoms with Gasteiger partial charge >= 0.3 is 0 Å². The Morgan fingerprint density at radius 2 is 1.79 bits per heavy atom. The molecule has 1 amide bonds. The summed E-state index contributed by atoms with van der Waals surface area (Å²) in [6.45, 7) is 3.74. The average Bonchev–Trinajstić information content (AvgIpc) is 2.86. The van der Waals surface area contributed by atoms with Gasteiger partial charge in [-0.3, -0.25) is 9.35 Å². The Bertz CT molecular complexity index is 1710. The summed E-state index contributed by atoms with van der Waals surface area (Å²) < 4.78 is 38.9. The van der Waals surface area contributed by atoms with Crippen molar-refractivity contribution < 1.29 is 27.6 Å². The van der Waals surface area contributed by atoms with Crippen LogP contribution < -0.4 is 10.1 Å². The number of nitrogens with one attached hydrogen (secondary N) is 1. The lowest BCUT2D eigenvalue weighted by Crippen LogP contribution is -2.13. The SMILES string of the molecule is CCOc1cccc(NC(=O)c2cc3ccccc3c(N=Nc3cc(Cl)c(C)cc3S(=O)(=O)O)c2O)c1Cl. The first kappa shape index (κ1) is 27.3. The molecule has 12 heteroatoms. The van der Waals surface area contributed by atoms with Crippen LogP contribution in [0.25, 0.3) is 10.8 Å². The van der Waals surface area contributed by atoms with Gasteiger partial charge in [0, 0.05) is 10.4 Å². The van der Waals surface area contributed by atoms with Crippen LogP contribution in [0.1, 0.15) is 22.8 Å². The van der Waals surface area contributed by atoms with E-state index < -0.39 is 26.7 Å². The quantitative estimate of drug-likeness (QED) is 0.155. The summed E-state index contributed by atoms with van der Waals surface area (Å²) in [7, 11) is -4.66. The number of aromatic hydroxyl groups is 1. The van der Waals surface area contributed by atoms with Gasteiger partial charge < -0.3 is 15.2 Å². The predicted molar refractivity (Wildman–Crippen MR) is 146 cm³/mol. The van der Waals surface area contributed by atoms with Crippen molar-refractivity contribution in [3.05, 3.63) is 81.8 Å². The van der Waals surface area contributed by atoms with Crippen LogP contribution in [0.2, 0.25) is 10.0 Å². The van der Waals surface area contributed by atoms with Crippen LogP contribution in [0, 0.1) is 6.92 Å². The van der Waals surface area contributed by atoms with Gasteiger partial charge in [-0.2, -0.15) is 8.42 Å². The minimum Gasteiger partial charge on any atom is -0.505 e. The summed E-state index contributed by atoms with van der Waals surface area (Å²) in [6, 6.07) is 15.6. The topological polar surface area (TPSA) is 138 Å². The summed E-state index contributed by atoms with van der Waals surface area (Å²) in [5.74, 6) is -0.804. The maximum Gasteiger partial charge on any atom is 0.296 e. The first-order valence-electron chi connectivity index (χ1n) is 11.2. The lowest BCUT2D eigenvalue weighted by Gasteiger charge is -2.13. The lowest BCUT2D eigenvalue weighted by molar-refractivity contribution is 0.102. The molecule has 4 aromatic rings. The zero-order chi connectivity index (χ0) is 27.6. The van der Waals surface area contributed by atoms with E-state index in [1.807, 2.05) is 0 Å². The molecule has 0 saturated heterocycles. The van der Waals surface area contributed by atoms with Gasteiger partial charge in [0.1, 0.15) is 27.0 Å². The van der Waals surface area contributed by atoms with E-state index in [0.29, 0.717) is 28.7 Å². The van der Waals surface area contributed by atoms with Crippen LogP contribution in [0.4, 0.5) is 17.1 Å². The number of nitrogens with zero attached hydrogens (tertiary/aromatic N) is 2. The van der Waals surface area contributed by atoms with Crippen LogP contribution in [0.5, 0.6) is 11.5 Å². The summed E-state index contributed by atoms with van der Waals surface area (Å²) in [4.78, 5) is 12.7. The molecule has 0 heterocycles. The maximum atomic E-state index is 13.2. The predicted octanol–water partition coefficient (Wildman–Crippen LogP) is 7.47. The average molecular weight is 574 g/mol. The first-order chi connectivity index (χ1) is 18.0. The molecule has 0 aliphatic heterocycles. The summed E-state index contributed by atoms with van der Waals surface area (Å²) >= 11 is 12.5. The first-order valence-corrected chi connectivity index (χ1v) is 13.4. The molecule has 0 spiro atoms. The third kappa shape index (κ3) is 5.58. The molecule has 0 unspecified atom stereocenters. The van der Waals surface area contributed by atoms with Gasteiger partial charge in [0.2, 0.25) is 0 Å². The normalized spacial score (nSPS) is 11.7. The smallest absolute Gasteiger partial charge is 0.296 e. The van der Waals surface area contributed by atoms with E-state index in [9.17, 15) is 22.9 Å². The number of hydrogen-bond acceptors (Lipinski definition) is 7. The second-order valence-electron chi connectivity index (χ2n) is 8.09. The number of ether oxygens (including phenoxy) is 1. The van der Waals surface area contributed by atoms with Gasteiger partial charge in [0.05, 0.1) is 17.9 Å². The van der Waals surface area contributed by atoms with Gasteiger partial charge in [-0.15, -0.1) is 10.2 Å². The number of fused-ring (bicyclic) bond motifs is 1. The molecule has 0 atom stereocenters. The lowest BCUT2D eigenvalue weighted by atomic mass is 10.0. The second kappa shape index (κ2) is 11.0. The number of carbonyl (C=O) groups is 1. The van der Waals surface area contributed by atoms with Crippen LogP contribution >= 0.6 is 23.2 Å². The highest BCUT2D eigenvalue weighted by atomic mass is 35.5. The fourth-order valence-electron chi connectivity index (χ4n) is 3.69. The number of benzene rings is 4. The van der Waals surface area contributed by atoms with Crippen molar-refractivity contribution >= 4 is 67.1 Å². The highest BCUT2D eigenvalue weighted by Crippen LogP contribution is 2.41. The molecule has 0 radical (unpaired) electrons. The van der Waals surface area contributed by atoms with Gasteiger partial charge in [0.25, 0.3) is 16.0 Å². The number of rotatable bonds is 7. The van der Waals surface area contributed by atoms with Gasteiger partial charge in [-0.1, -0.05) is 53.5 Å². The number of halogens is 2. The molecule has 0 fully saturated rings. The van der Waals surface area contributed by atoms with Gasteiger partial charge in [-0.25, -0.2) is 0 Å². The van der Waals surface area contributed by atoms with Crippen molar-refractivity contribution in [1.82, 2.24) is 0 Å². The molecule has 4 aromatic carbocycles. The molecule has 0 aliphatic rings. The number of amides is 1. The number of phenols is 1. The monoisotopic (exact) mass is 573 g/mol. The number of phenolic OH excluding ortho intramolecular Hbond substituents is 1. The maximum absolute atomic E-state index is 13.2. The Balaban J connectivity index is 1.82. The van der Waals surface area contributed by atoms with Gasteiger partial charge in [-0.05, 0) is 55.1 Å². The Kier molecular flexibility index (Phi) is 7.89. The van der Waals surface area contributed by atoms with Crippen molar-refractivity contribution in [2.45, 2.75) is 18.7 Å². The molecule has 0 bridgehead atoms. The fourth-order valence-corrected chi connectivity index (χ4v) is 4.76. The van der Waals surface area contributed by atoms with E-state index in [2.05, 4.69) is 15.5 Å². The number of hydrogen-bond donors (Lipinski definition) is 3. The Labute approximate surface area is 228 Å². The minimum absolute atomic E-state index is 0.0969. The van der Waals surface area contributed by atoms with Crippen LogP contribution in [0.15, 0.2) is 75.8 Å². The number of azo groups is 1. The largest absolute Gasteiger partial charge is 0.505 e. The van der Waals surface area contributed by atoms with Crippen molar-refractivity contribution in [3.63, 3.8) is 0 Å². The Morgan fingerprint density at radius 3 is 2.50 bits per heavy atom. The van der Waals surface area contributed by atoms with E-state index >= 15 is 0 Å². The van der Waals surface area contributed by atoms with Crippen LogP contribution in [-0.2, 0) is 10.1 Å². The number of anilines is 1. The summed E-state index contributed by atoms with van der Waals surface area (Å²) in [5, 5.41) is 23.1. The van der Waals surface area contributed by atoms with Crippen molar-refractivity contribution in [1.29, 1.82) is 0 Å². The molecule has 0 aliphatic carbocycles. The van der Waals surface area contributed by atoms with Crippen molar-refractivity contribution in [2.75, 3.05) is 11.9 Å². The Morgan fingerprint density at radius 1 is 1.05 bits per heavy atom. The molecule has 0 saturated carbocycles. The molecule has 0 aromatic heterocycles. The fraction of sp³-hybridized carbons (Fsp3) is 0.115. The van der Waals surface area contributed by atoms with Crippen LogP contribution in [0.3, 0.4) is 0 Å². The van der Waals surface area contributed by atoms with Crippen LogP contribution in [-0.4, -0.2) is 30.6 Å². The molecular formula is C26H21Cl2N3O6S. The van der Waals surface area contributed by atoms with Crippen molar-refractivity contribution in [2.24, 2.45) is 10.2 Å². The minimum atomic E-state index is -4.66. The van der Waals surface area contributed by atoms with E-state index in [-0.39, 0.29) is 32.7 Å². The molecule has 3 N–H and O–H groups in total.